The third-order valence-electron chi connectivity index (χ3n) is 5.87. The zero-order chi connectivity index (χ0) is 14.2. The van der Waals surface area contributed by atoms with Crippen molar-refractivity contribution in [3.63, 3.8) is 0 Å². The standard InChI is InChI=1S/C17H26N4/c18-16-2-1-5-19-17(16)21-8-6-20(7-9-21)12-15-11-13-3-4-14(15)10-13/h1-2,5,13-15H,3-4,6-12,18H2. The smallest absolute Gasteiger partial charge is 0.151 e. The Labute approximate surface area is 127 Å². The number of nitrogen functional groups attached to an aromatic ring is 1. The Morgan fingerprint density at radius 1 is 1.14 bits per heavy atom. The summed E-state index contributed by atoms with van der Waals surface area (Å²) < 4.78 is 0. The molecule has 3 unspecified atom stereocenters. The van der Waals surface area contributed by atoms with Crippen LogP contribution in [0.1, 0.15) is 25.7 Å². The fraction of sp³-hybridized carbons (Fsp3) is 0.706. The molecule has 4 rings (SSSR count). The van der Waals surface area contributed by atoms with Gasteiger partial charge >= 0.3 is 0 Å². The fourth-order valence-electron chi connectivity index (χ4n) is 4.75. The summed E-state index contributed by atoms with van der Waals surface area (Å²) in [5.74, 6) is 4.06. The van der Waals surface area contributed by atoms with Gasteiger partial charge in [0.2, 0.25) is 0 Å². The molecule has 1 aromatic rings. The van der Waals surface area contributed by atoms with Crippen LogP contribution in [0.2, 0.25) is 0 Å². The van der Waals surface area contributed by atoms with E-state index >= 15 is 0 Å². The molecule has 0 radical (unpaired) electrons. The Morgan fingerprint density at radius 3 is 2.67 bits per heavy atom. The molecule has 1 aromatic heterocycles. The van der Waals surface area contributed by atoms with E-state index in [0.717, 1.165) is 55.4 Å². The van der Waals surface area contributed by atoms with E-state index in [0.29, 0.717) is 0 Å². The van der Waals surface area contributed by atoms with Crippen molar-refractivity contribution in [3.8, 4) is 0 Å². The fourth-order valence-corrected chi connectivity index (χ4v) is 4.75. The van der Waals surface area contributed by atoms with Crippen molar-refractivity contribution >= 4 is 11.5 Å². The second-order valence-corrected chi connectivity index (χ2v) is 7.14. The largest absolute Gasteiger partial charge is 0.396 e. The lowest BCUT2D eigenvalue weighted by molar-refractivity contribution is 0.182. The monoisotopic (exact) mass is 286 g/mol. The van der Waals surface area contributed by atoms with Crippen molar-refractivity contribution in [3.05, 3.63) is 18.3 Å². The predicted octanol–water partition coefficient (Wildman–Crippen LogP) is 2.22. The summed E-state index contributed by atoms with van der Waals surface area (Å²) in [6, 6.07) is 3.86. The lowest BCUT2D eigenvalue weighted by Crippen LogP contribution is -2.48. The number of nitrogens with zero attached hydrogens (tertiary/aromatic N) is 3. The second kappa shape index (κ2) is 5.48. The SMILES string of the molecule is Nc1cccnc1N1CCN(CC2CC3CCC2C3)CC1. The van der Waals surface area contributed by atoms with Crippen LogP contribution in [0.3, 0.4) is 0 Å². The van der Waals surface area contributed by atoms with Gasteiger partial charge in [-0.1, -0.05) is 6.42 Å². The number of nitrogens with two attached hydrogens (primary N) is 1. The molecule has 2 heterocycles. The zero-order valence-corrected chi connectivity index (χ0v) is 12.7. The molecule has 4 heteroatoms. The first-order valence-electron chi connectivity index (χ1n) is 8.47. The average Bonchev–Trinajstić information content (AvgIpc) is 3.11. The van der Waals surface area contributed by atoms with E-state index in [4.69, 9.17) is 5.73 Å². The molecule has 2 N–H and O–H groups in total. The predicted molar refractivity (Wildman–Crippen MR) is 86.2 cm³/mol. The summed E-state index contributed by atoms with van der Waals surface area (Å²) in [7, 11) is 0. The van der Waals surface area contributed by atoms with Crippen LogP contribution in [0, 0.1) is 17.8 Å². The van der Waals surface area contributed by atoms with E-state index < -0.39 is 0 Å². The molecular weight excluding hydrogens is 260 g/mol. The van der Waals surface area contributed by atoms with Gasteiger partial charge in [0.25, 0.3) is 0 Å². The molecule has 114 valence electrons. The number of pyridine rings is 1. The van der Waals surface area contributed by atoms with E-state index in [2.05, 4.69) is 14.8 Å². The molecule has 2 aliphatic carbocycles. The summed E-state index contributed by atoms with van der Waals surface area (Å²) in [5, 5.41) is 0. The Balaban J connectivity index is 1.32. The number of piperazine rings is 1. The van der Waals surface area contributed by atoms with Crippen LogP contribution >= 0.6 is 0 Å². The van der Waals surface area contributed by atoms with Crippen molar-refractivity contribution in [2.24, 2.45) is 17.8 Å². The highest BCUT2D eigenvalue weighted by molar-refractivity contribution is 5.62. The highest BCUT2D eigenvalue weighted by Gasteiger charge is 2.40. The van der Waals surface area contributed by atoms with Gasteiger partial charge in [0.15, 0.2) is 5.82 Å². The maximum atomic E-state index is 6.04. The Morgan fingerprint density at radius 2 is 2.00 bits per heavy atom. The summed E-state index contributed by atoms with van der Waals surface area (Å²) in [6.45, 7) is 5.75. The van der Waals surface area contributed by atoms with E-state index in [-0.39, 0.29) is 0 Å². The van der Waals surface area contributed by atoms with Crippen molar-refractivity contribution in [1.29, 1.82) is 0 Å². The minimum absolute atomic E-state index is 0.805. The Kier molecular flexibility index (Phi) is 3.49. The Hall–Kier alpha value is -1.29. The normalized spacial score (nSPS) is 32.8. The number of hydrogen-bond acceptors (Lipinski definition) is 4. The first kappa shape index (κ1) is 13.4. The highest BCUT2D eigenvalue weighted by Crippen LogP contribution is 2.48. The van der Waals surface area contributed by atoms with Crippen LogP contribution in [0.4, 0.5) is 11.5 Å². The second-order valence-electron chi connectivity index (χ2n) is 7.14. The molecular formula is C17H26N4. The van der Waals surface area contributed by atoms with Crippen molar-refractivity contribution < 1.29 is 0 Å². The number of hydrogen-bond donors (Lipinski definition) is 1. The van der Waals surface area contributed by atoms with Crippen LogP contribution < -0.4 is 10.6 Å². The topological polar surface area (TPSA) is 45.4 Å². The Bertz CT molecular complexity index is 495. The molecule has 3 atom stereocenters. The van der Waals surface area contributed by atoms with Gasteiger partial charge in [0.05, 0.1) is 5.69 Å². The quantitative estimate of drug-likeness (QED) is 0.925. The number of rotatable bonds is 3. The summed E-state index contributed by atoms with van der Waals surface area (Å²) in [4.78, 5) is 9.45. The molecule has 0 aromatic carbocycles. The highest BCUT2D eigenvalue weighted by atomic mass is 15.3. The molecule has 3 fully saturated rings. The third kappa shape index (κ3) is 2.61. The zero-order valence-electron chi connectivity index (χ0n) is 12.7. The molecule has 4 nitrogen and oxygen atoms in total. The molecule has 21 heavy (non-hydrogen) atoms. The molecule has 0 amide bonds. The van der Waals surface area contributed by atoms with Crippen LogP contribution in [0.25, 0.3) is 0 Å². The van der Waals surface area contributed by atoms with Crippen molar-refractivity contribution in [2.45, 2.75) is 25.7 Å². The van der Waals surface area contributed by atoms with Crippen molar-refractivity contribution in [2.75, 3.05) is 43.4 Å². The molecule has 1 saturated heterocycles. The van der Waals surface area contributed by atoms with Crippen LogP contribution in [-0.4, -0.2) is 42.6 Å². The molecule has 0 spiro atoms. The van der Waals surface area contributed by atoms with Gasteiger partial charge in [0, 0.05) is 38.9 Å². The number of aromatic nitrogens is 1. The van der Waals surface area contributed by atoms with Gasteiger partial charge in [-0.15, -0.1) is 0 Å². The molecule has 3 aliphatic rings. The third-order valence-corrected chi connectivity index (χ3v) is 5.87. The van der Waals surface area contributed by atoms with Crippen LogP contribution in [0.5, 0.6) is 0 Å². The lowest BCUT2D eigenvalue weighted by atomic mass is 9.88. The van der Waals surface area contributed by atoms with E-state index in [1.54, 1.807) is 0 Å². The van der Waals surface area contributed by atoms with Gasteiger partial charge in [-0.05, 0) is 49.1 Å². The lowest BCUT2D eigenvalue weighted by Gasteiger charge is -2.38. The van der Waals surface area contributed by atoms with Crippen LogP contribution in [0.15, 0.2) is 18.3 Å². The maximum absolute atomic E-state index is 6.04. The molecule has 2 bridgehead atoms. The summed E-state index contributed by atoms with van der Waals surface area (Å²) in [5.41, 5.74) is 6.85. The summed E-state index contributed by atoms with van der Waals surface area (Å²) in [6.07, 6.45) is 7.87. The molecule has 1 aliphatic heterocycles. The van der Waals surface area contributed by atoms with Crippen molar-refractivity contribution in [1.82, 2.24) is 9.88 Å². The average molecular weight is 286 g/mol. The number of fused-ring (bicyclic) bond motifs is 2. The van der Waals surface area contributed by atoms with Gasteiger partial charge in [-0.2, -0.15) is 0 Å². The van der Waals surface area contributed by atoms with E-state index in [1.807, 2.05) is 18.3 Å². The summed E-state index contributed by atoms with van der Waals surface area (Å²) >= 11 is 0. The number of anilines is 2. The van der Waals surface area contributed by atoms with Gasteiger partial charge in [-0.3, -0.25) is 4.90 Å². The van der Waals surface area contributed by atoms with Gasteiger partial charge in [-0.25, -0.2) is 4.98 Å². The van der Waals surface area contributed by atoms with Gasteiger partial charge < -0.3 is 10.6 Å². The van der Waals surface area contributed by atoms with E-state index in [9.17, 15) is 0 Å². The minimum atomic E-state index is 0.805. The van der Waals surface area contributed by atoms with Crippen LogP contribution in [-0.2, 0) is 0 Å². The molecule has 2 saturated carbocycles. The van der Waals surface area contributed by atoms with Gasteiger partial charge in [0.1, 0.15) is 0 Å². The first-order valence-corrected chi connectivity index (χ1v) is 8.47. The first-order chi connectivity index (χ1) is 10.3. The minimum Gasteiger partial charge on any atom is -0.396 e. The maximum Gasteiger partial charge on any atom is 0.151 e. The van der Waals surface area contributed by atoms with E-state index in [1.165, 1.54) is 32.2 Å².